The number of nitrogen functional groups attached to an aromatic ring is 1. The summed E-state index contributed by atoms with van der Waals surface area (Å²) in [7, 11) is -16.6. The first-order chi connectivity index (χ1) is 15.7. The summed E-state index contributed by atoms with van der Waals surface area (Å²) in [6.45, 7) is 2.83. The molecular weight excluding hydrogens is 527 g/mol. The molecule has 34 heavy (non-hydrogen) atoms. The molecule has 1 aliphatic heterocycles. The molecule has 0 radical (unpaired) electrons. The van der Waals surface area contributed by atoms with Crippen molar-refractivity contribution < 1.29 is 60.5 Å². The van der Waals surface area contributed by atoms with Crippen LogP contribution >= 0.6 is 23.5 Å². The number of nitrogens with two attached hydrogens (primary N) is 1. The van der Waals surface area contributed by atoms with Crippen molar-refractivity contribution in [1.82, 2.24) is 15.0 Å². The summed E-state index contributed by atoms with van der Waals surface area (Å²) in [6.07, 6.45) is 0.0302. The van der Waals surface area contributed by atoms with Gasteiger partial charge >= 0.3 is 35.0 Å². The van der Waals surface area contributed by atoms with Gasteiger partial charge in [0.05, 0.1) is 19.3 Å². The van der Waals surface area contributed by atoms with E-state index in [4.69, 9.17) is 25.0 Å². The number of H-pyrrole nitrogens is 2. The summed E-state index contributed by atoms with van der Waals surface area (Å²) >= 11 is 0. The molecule has 0 saturated carbocycles. The molecule has 1 saturated heterocycles. The zero-order valence-corrected chi connectivity index (χ0v) is 19.7. The average Bonchev–Trinajstić information content (AvgIpc) is 3.29. The molecule has 2 unspecified atom stereocenters. The second kappa shape index (κ2) is 10.1. The number of hydrogen-bond donors (Lipinski definition) is 7. The second-order valence-corrected chi connectivity index (χ2v) is 11.1. The Bertz CT molecular complexity index is 1260. The molecule has 1 aliphatic rings. The van der Waals surface area contributed by atoms with Gasteiger partial charge in [-0.1, -0.05) is 6.08 Å². The van der Waals surface area contributed by atoms with Crippen molar-refractivity contribution in [2.75, 3.05) is 18.9 Å². The second-order valence-electron chi connectivity index (χ2n) is 6.72. The number of nitrogens with one attached hydrogen (secondary N) is 2. The summed E-state index contributed by atoms with van der Waals surface area (Å²) in [5.41, 5.74) is 5.66. The lowest BCUT2D eigenvalue weighted by molar-refractivity contribution is -0.728. The van der Waals surface area contributed by atoms with E-state index >= 15 is 0 Å². The summed E-state index contributed by atoms with van der Waals surface area (Å²) in [6, 6.07) is 0. The monoisotopic (exact) mass is 548 g/mol. The Morgan fingerprint density at radius 1 is 1.26 bits per heavy atom. The van der Waals surface area contributed by atoms with Crippen LogP contribution in [0.3, 0.4) is 0 Å². The minimum atomic E-state index is -5.67. The van der Waals surface area contributed by atoms with Crippen LogP contribution in [0.2, 0.25) is 0 Å². The largest absolute Gasteiger partial charge is 0.490 e. The number of phosphoric acid groups is 3. The zero-order valence-electron chi connectivity index (χ0n) is 17.0. The highest BCUT2D eigenvalue weighted by Gasteiger charge is 2.44. The first-order valence-electron chi connectivity index (χ1n) is 9.14. The lowest BCUT2D eigenvalue weighted by Crippen LogP contribution is -2.46. The lowest BCUT2D eigenvalue weighted by Gasteiger charge is -2.20. The normalized spacial score (nSPS) is 24.6. The van der Waals surface area contributed by atoms with Gasteiger partial charge < -0.3 is 39.8 Å². The summed E-state index contributed by atoms with van der Waals surface area (Å²) in [5.74, 6) is -0.106. The van der Waals surface area contributed by atoms with Crippen LogP contribution in [0, 0.1) is 0 Å². The predicted octanol–water partition coefficient (Wildman–Crippen LogP) is -0.677. The Hall–Kier alpha value is -1.78. The maximum atomic E-state index is 12.0. The summed E-state index contributed by atoms with van der Waals surface area (Å²) < 4.78 is 59.0. The first-order valence-corrected chi connectivity index (χ1v) is 13.7. The number of aromatic amines is 2. The molecule has 1 fully saturated rings. The fourth-order valence-corrected chi connectivity index (χ4v) is 6.16. The van der Waals surface area contributed by atoms with Crippen LogP contribution in [0.4, 0.5) is 5.95 Å². The summed E-state index contributed by atoms with van der Waals surface area (Å²) in [4.78, 5) is 57.3. The number of fused-ring (bicyclic) bond motifs is 1. The van der Waals surface area contributed by atoms with Crippen LogP contribution in [0.15, 0.2) is 23.8 Å². The van der Waals surface area contributed by atoms with Crippen LogP contribution < -0.4 is 15.9 Å². The predicted molar refractivity (Wildman–Crippen MR) is 110 cm³/mol. The van der Waals surface area contributed by atoms with Gasteiger partial charge in [-0.25, -0.2) is 18.7 Å². The van der Waals surface area contributed by atoms with Crippen molar-refractivity contribution in [3.8, 4) is 0 Å². The highest BCUT2D eigenvalue weighted by atomic mass is 31.3. The molecular formula is C13H21N5O13P3+. The smallest absolute Gasteiger partial charge is 0.371 e. The molecule has 0 spiro atoms. The molecule has 18 nitrogen and oxygen atoms in total. The SMILES string of the molecule is C=CCO[C@@H]1C[C@H]([n+]2c(N)[nH]c(=O)c3[nH]cnc32)O[C@@H]1COP(=O)(O)OP(=O)(O)OP(=O)(O)O. The molecule has 0 bridgehead atoms. The van der Waals surface area contributed by atoms with E-state index in [1.54, 1.807) is 0 Å². The van der Waals surface area contributed by atoms with E-state index in [0.29, 0.717) is 0 Å². The molecule has 8 N–H and O–H groups in total. The number of rotatable bonds is 11. The third-order valence-corrected chi connectivity index (χ3v) is 8.09. The van der Waals surface area contributed by atoms with Crippen molar-refractivity contribution in [3.05, 3.63) is 29.3 Å². The van der Waals surface area contributed by atoms with Crippen molar-refractivity contribution in [2.24, 2.45) is 0 Å². The quantitative estimate of drug-likeness (QED) is 0.104. The maximum Gasteiger partial charge on any atom is 0.490 e. The van der Waals surface area contributed by atoms with Gasteiger partial charge in [0.25, 0.3) is 5.65 Å². The third-order valence-electron chi connectivity index (χ3n) is 4.29. The van der Waals surface area contributed by atoms with E-state index in [0.717, 1.165) is 0 Å². The fourth-order valence-electron chi connectivity index (χ4n) is 3.13. The molecule has 2 aromatic heterocycles. The number of phosphoric ester groups is 1. The highest BCUT2D eigenvalue weighted by Crippen LogP contribution is 2.66. The van der Waals surface area contributed by atoms with Crippen molar-refractivity contribution in [3.63, 3.8) is 0 Å². The van der Waals surface area contributed by atoms with Crippen LogP contribution in [0.1, 0.15) is 12.6 Å². The zero-order chi connectivity index (χ0) is 25.3. The number of imidazole rings is 1. The van der Waals surface area contributed by atoms with Crippen LogP contribution in [-0.2, 0) is 36.3 Å². The van der Waals surface area contributed by atoms with Gasteiger partial charge in [0, 0.05) is 6.42 Å². The average molecular weight is 548 g/mol. The van der Waals surface area contributed by atoms with Crippen LogP contribution in [0.25, 0.3) is 11.2 Å². The number of nitrogens with zero attached hydrogens (tertiary/aromatic N) is 2. The Labute approximate surface area is 189 Å². The van der Waals surface area contributed by atoms with Crippen LogP contribution in [0.5, 0.6) is 0 Å². The lowest BCUT2D eigenvalue weighted by atomic mass is 10.2. The van der Waals surface area contributed by atoms with Crippen LogP contribution in [-0.4, -0.2) is 59.9 Å². The van der Waals surface area contributed by atoms with Gasteiger partial charge in [-0.15, -0.1) is 11.6 Å². The minimum absolute atomic E-state index is 0.0517. The van der Waals surface area contributed by atoms with Crippen molar-refractivity contribution in [2.45, 2.75) is 24.9 Å². The topological polar surface area (TPSA) is 270 Å². The highest BCUT2D eigenvalue weighted by molar-refractivity contribution is 7.66. The Morgan fingerprint density at radius 2 is 1.97 bits per heavy atom. The maximum absolute atomic E-state index is 12.0. The van der Waals surface area contributed by atoms with Gasteiger partial charge in [0.2, 0.25) is 0 Å². The van der Waals surface area contributed by atoms with Crippen molar-refractivity contribution >= 4 is 40.6 Å². The Kier molecular flexibility index (Phi) is 7.94. The number of aromatic nitrogens is 4. The molecule has 2 aromatic rings. The number of ether oxygens (including phenoxy) is 2. The fraction of sp³-hybridized carbons (Fsp3) is 0.462. The first kappa shape index (κ1) is 26.8. The molecule has 0 amide bonds. The molecule has 0 aromatic carbocycles. The van der Waals surface area contributed by atoms with Gasteiger partial charge in [-0.05, 0) is 0 Å². The van der Waals surface area contributed by atoms with E-state index in [-0.39, 0.29) is 30.1 Å². The number of hydrogen-bond acceptors (Lipinski definition) is 11. The van der Waals surface area contributed by atoms with Gasteiger partial charge in [-0.2, -0.15) is 13.2 Å². The Morgan fingerprint density at radius 3 is 2.62 bits per heavy atom. The molecule has 5 atom stereocenters. The van der Waals surface area contributed by atoms with Gasteiger partial charge in [0.15, 0.2) is 18.1 Å². The molecule has 3 heterocycles. The Balaban J connectivity index is 1.77. The minimum Gasteiger partial charge on any atom is -0.371 e. The standard InChI is InChI=1S/C13H20N5O13P3/c1-2-3-27-7-4-9(18-11-10(15-6-16-11)12(19)17-13(18)14)29-8(7)5-28-33(23,24)31-34(25,26)30-32(20,21)22/h2,6-9H,1,3-5H2,(H7,14,15,16,17,19,20,21,22,23,24,25,26)/p+1/t7-,8-,9-/m1/s1. The van der Waals surface area contributed by atoms with Gasteiger partial charge in [-0.3, -0.25) is 9.32 Å². The third kappa shape index (κ3) is 6.66. The summed E-state index contributed by atoms with van der Waals surface area (Å²) in [5, 5.41) is 0. The molecule has 190 valence electrons. The molecule has 3 rings (SSSR count). The number of anilines is 1. The molecule has 0 aliphatic carbocycles. The van der Waals surface area contributed by atoms with E-state index in [1.807, 2.05) is 0 Å². The molecule has 21 heteroatoms. The van der Waals surface area contributed by atoms with Gasteiger partial charge in [0.1, 0.15) is 6.10 Å². The van der Waals surface area contributed by atoms with E-state index < -0.39 is 54.1 Å². The van der Waals surface area contributed by atoms with E-state index in [9.17, 15) is 28.3 Å². The van der Waals surface area contributed by atoms with E-state index in [1.165, 1.54) is 17.0 Å². The van der Waals surface area contributed by atoms with Crippen molar-refractivity contribution in [1.29, 1.82) is 0 Å². The van der Waals surface area contributed by atoms with E-state index in [2.05, 4.69) is 34.7 Å².